The zero-order valence-electron chi connectivity index (χ0n) is 6.71. The predicted octanol–water partition coefficient (Wildman–Crippen LogP) is -0.277. The van der Waals surface area contributed by atoms with Crippen molar-refractivity contribution in [3.63, 3.8) is 0 Å². The Morgan fingerprint density at radius 1 is 1.58 bits per heavy atom. The maximum Gasteiger partial charge on any atom is 0.306 e. The van der Waals surface area contributed by atoms with Crippen LogP contribution in [0.3, 0.4) is 0 Å². The van der Waals surface area contributed by atoms with Gasteiger partial charge in [0.25, 0.3) is 0 Å². The summed E-state index contributed by atoms with van der Waals surface area (Å²) in [5.74, 6) is -1.09. The molecule has 0 aliphatic heterocycles. The van der Waals surface area contributed by atoms with Gasteiger partial charge < -0.3 is 16.2 Å². The monoisotopic (exact) mass is 171 g/mol. The van der Waals surface area contributed by atoms with Gasteiger partial charge in [-0.2, -0.15) is 0 Å². The fourth-order valence-electron chi connectivity index (χ4n) is 1.56. The number of rotatable bonds is 2. The largest absolute Gasteiger partial charge is 0.481 e. The van der Waals surface area contributed by atoms with Crippen LogP contribution in [0, 0.1) is 11.3 Å². The van der Waals surface area contributed by atoms with Crippen LogP contribution in [-0.2, 0) is 4.79 Å². The van der Waals surface area contributed by atoms with E-state index < -0.39 is 5.97 Å². The molecule has 1 aliphatic carbocycles. The molecule has 2 atom stereocenters. The van der Waals surface area contributed by atoms with Crippen molar-refractivity contribution in [2.75, 3.05) is 0 Å². The molecule has 0 spiro atoms. The van der Waals surface area contributed by atoms with Gasteiger partial charge in [0.15, 0.2) is 5.96 Å². The van der Waals surface area contributed by atoms with Crippen LogP contribution in [0.25, 0.3) is 0 Å². The molecular weight excluding hydrogens is 158 g/mol. The molecule has 12 heavy (non-hydrogen) atoms. The molecule has 0 amide bonds. The van der Waals surface area contributed by atoms with Crippen LogP contribution in [0.4, 0.5) is 0 Å². The van der Waals surface area contributed by atoms with E-state index in [1.54, 1.807) is 0 Å². The van der Waals surface area contributed by atoms with Crippen LogP contribution >= 0.6 is 0 Å². The normalized spacial score (nSPS) is 28.3. The predicted molar refractivity (Wildman–Crippen MR) is 43.8 cm³/mol. The second-order valence-corrected chi connectivity index (χ2v) is 3.10. The SMILES string of the molecule is N=C(N)N[C@H]1CC[C@@H](C(=O)O)C1. The minimum Gasteiger partial charge on any atom is -0.481 e. The first-order chi connectivity index (χ1) is 5.59. The molecule has 1 saturated carbocycles. The quantitative estimate of drug-likeness (QED) is 0.339. The fourth-order valence-corrected chi connectivity index (χ4v) is 1.56. The van der Waals surface area contributed by atoms with Crippen molar-refractivity contribution in [3.05, 3.63) is 0 Å². The molecule has 1 rings (SSSR count). The van der Waals surface area contributed by atoms with Crippen LogP contribution in [0.5, 0.6) is 0 Å². The molecular formula is C7H13N3O2. The third-order valence-electron chi connectivity index (χ3n) is 2.14. The van der Waals surface area contributed by atoms with E-state index in [0.717, 1.165) is 6.42 Å². The Morgan fingerprint density at radius 2 is 2.25 bits per heavy atom. The van der Waals surface area contributed by atoms with Crippen LogP contribution in [0.15, 0.2) is 0 Å². The lowest BCUT2D eigenvalue weighted by atomic mass is 10.1. The van der Waals surface area contributed by atoms with Gasteiger partial charge in [-0.1, -0.05) is 0 Å². The van der Waals surface area contributed by atoms with E-state index in [0.29, 0.717) is 12.8 Å². The van der Waals surface area contributed by atoms with E-state index >= 15 is 0 Å². The van der Waals surface area contributed by atoms with Crippen LogP contribution in [-0.4, -0.2) is 23.1 Å². The van der Waals surface area contributed by atoms with Crippen molar-refractivity contribution in [2.45, 2.75) is 25.3 Å². The second kappa shape index (κ2) is 3.42. The summed E-state index contributed by atoms with van der Waals surface area (Å²) in [4.78, 5) is 10.5. The molecule has 0 bridgehead atoms. The second-order valence-electron chi connectivity index (χ2n) is 3.10. The Hall–Kier alpha value is -1.26. The Morgan fingerprint density at radius 3 is 2.67 bits per heavy atom. The summed E-state index contributed by atoms with van der Waals surface area (Å²) in [6.07, 6.45) is 2.05. The molecule has 0 radical (unpaired) electrons. The molecule has 1 aliphatic rings. The number of hydrogen-bond acceptors (Lipinski definition) is 2. The molecule has 5 N–H and O–H groups in total. The zero-order valence-corrected chi connectivity index (χ0v) is 6.71. The van der Waals surface area contributed by atoms with Gasteiger partial charge in [0.1, 0.15) is 0 Å². The van der Waals surface area contributed by atoms with Crippen LogP contribution in [0.2, 0.25) is 0 Å². The summed E-state index contributed by atoms with van der Waals surface area (Å²) < 4.78 is 0. The molecule has 0 saturated heterocycles. The highest BCUT2D eigenvalue weighted by Crippen LogP contribution is 2.25. The lowest BCUT2D eigenvalue weighted by Gasteiger charge is -2.10. The maximum absolute atomic E-state index is 10.5. The first-order valence-corrected chi connectivity index (χ1v) is 3.93. The van der Waals surface area contributed by atoms with Crippen molar-refractivity contribution in [1.29, 1.82) is 5.41 Å². The van der Waals surface area contributed by atoms with Crippen molar-refractivity contribution in [3.8, 4) is 0 Å². The number of nitrogens with one attached hydrogen (secondary N) is 2. The van der Waals surface area contributed by atoms with Gasteiger partial charge in [0.05, 0.1) is 5.92 Å². The maximum atomic E-state index is 10.5. The highest BCUT2D eigenvalue weighted by molar-refractivity contribution is 5.75. The van der Waals surface area contributed by atoms with Crippen LogP contribution in [0.1, 0.15) is 19.3 Å². The Bertz CT molecular complexity index is 205. The Balaban J connectivity index is 2.35. The Labute approximate surface area is 70.5 Å². The number of carboxylic acid groups (broad SMARTS) is 1. The first kappa shape index (κ1) is 8.83. The van der Waals surface area contributed by atoms with Gasteiger partial charge in [0, 0.05) is 6.04 Å². The third kappa shape index (κ3) is 2.11. The molecule has 5 nitrogen and oxygen atoms in total. The number of nitrogens with two attached hydrogens (primary N) is 1. The van der Waals surface area contributed by atoms with Crippen molar-refractivity contribution in [1.82, 2.24) is 5.32 Å². The highest BCUT2D eigenvalue weighted by Gasteiger charge is 2.29. The van der Waals surface area contributed by atoms with Gasteiger partial charge in [-0.25, -0.2) is 0 Å². The lowest BCUT2D eigenvalue weighted by Crippen LogP contribution is -2.37. The standard InChI is InChI=1S/C7H13N3O2/c8-7(9)10-5-2-1-4(3-5)6(11)12/h4-5H,1-3H2,(H,11,12)(H4,8,9,10)/t4-,5+/m1/s1. The van der Waals surface area contributed by atoms with E-state index in [1.807, 2.05) is 0 Å². The minimum atomic E-state index is -0.747. The molecule has 0 aromatic rings. The van der Waals surface area contributed by atoms with E-state index in [2.05, 4.69) is 5.32 Å². The minimum absolute atomic E-state index is 0.0728. The molecule has 0 unspecified atom stereocenters. The number of aliphatic carboxylic acids is 1. The fraction of sp³-hybridized carbons (Fsp3) is 0.714. The van der Waals surface area contributed by atoms with Gasteiger partial charge in [-0.15, -0.1) is 0 Å². The first-order valence-electron chi connectivity index (χ1n) is 3.93. The summed E-state index contributed by atoms with van der Waals surface area (Å²) in [5.41, 5.74) is 5.12. The summed E-state index contributed by atoms with van der Waals surface area (Å²) in [5, 5.41) is 18.3. The van der Waals surface area contributed by atoms with Gasteiger partial charge in [-0.3, -0.25) is 10.2 Å². The molecule has 0 heterocycles. The summed E-state index contributed by atoms with van der Waals surface area (Å²) in [7, 11) is 0. The smallest absolute Gasteiger partial charge is 0.306 e. The molecule has 0 aromatic heterocycles. The average Bonchev–Trinajstić information content (AvgIpc) is 2.34. The van der Waals surface area contributed by atoms with Gasteiger partial charge >= 0.3 is 5.97 Å². The van der Waals surface area contributed by atoms with E-state index in [1.165, 1.54) is 0 Å². The van der Waals surface area contributed by atoms with Crippen LogP contribution < -0.4 is 11.1 Å². The molecule has 0 aromatic carbocycles. The molecule has 1 fully saturated rings. The number of guanidine groups is 1. The molecule has 5 heteroatoms. The van der Waals surface area contributed by atoms with E-state index in [-0.39, 0.29) is 17.9 Å². The topological polar surface area (TPSA) is 99.2 Å². The van der Waals surface area contributed by atoms with Gasteiger partial charge in [0.2, 0.25) is 0 Å². The highest BCUT2D eigenvalue weighted by atomic mass is 16.4. The summed E-state index contributed by atoms with van der Waals surface area (Å²) >= 11 is 0. The van der Waals surface area contributed by atoms with Gasteiger partial charge in [-0.05, 0) is 19.3 Å². The van der Waals surface area contributed by atoms with Crippen molar-refractivity contribution >= 4 is 11.9 Å². The van der Waals surface area contributed by atoms with Crippen molar-refractivity contribution < 1.29 is 9.90 Å². The lowest BCUT2D eigenvalue weighted by molar-refractivity contribution is -0.141. The zero-order chi connectivity index (χ0) is 9.14. The average molecular weight is 171 g/mol. The van der Waals surface area contributed by atoms with Crippen molar-refractivity contribution in [2.24, 2.45) is 11.7 Å². The number of hydrogen-bond donors (Lipinski definition) is 4. The Kier molecular flexibility index (Phi) is 2.52. The summed E-state index contributed by atoms with van der Waals surface area (Å²) in [6, 6.07) is 0.0728. The third-order valence-corrected chi connectivity index (χ3v) is 2.14. The van der Waals surface area contributed by atoms with E-state index in [9.17, 15) is 4.79 Å². The molecule has 68 valence electrons. The number of carbonyl (C=O) groups is 1. The number of carboxylic acids is 1. The van der Waals surface area contributed by atoms with E-state index in [4.69, 9.17) is 16.2 Å². The summed E-state index contributed by atoms with van der Waals surface area (Å²) in [6.45, 7) is 0.